The standard InChI is InChI=1S/C27H29N7O2/c35-25(20-6-7-22-23(12-20)29-18-30-26(22)36)28-16-27(9-10-27)17-34-15-24(31-32-34)21-8-11-33(14-21)13-19-4-2-1-3-5-19/h1-7,12,15,18,21H,8-11,13-14,16-17H2,(H,28,35)(H,29,30,36). The number of hydrogen-bond acceptors (Lipinski definition) is 6. The Morgan fingerprint density at radius 1 is 1.17 bits per heavy atom. The zero-order valence-electron chi connectivity index (χ0n) is 20.1. The summed E-state index contributed by atoms with van der Waals surface area (Å²) in [5, 5.41) is 12.5. The highest BCUT2D eigenvalue weighted by atomic mass is 16.1. The molecule has 1 atom stereocenters. The number of aromatic nitrogens is 5. The van der Waals surface area contributed by atoms with Gasteiger partial charge in [-0.25, -0.2) is 4.98 Å². The van der Waals surface area contributed by atoms with Crippen molar-refractivity contribution in [1.29, 1.82) is 0 Å². The SMILES string of the molecule is O=C(NCC1(Cn2cc(C3CCN(Cc4ccccc4)C3)nn2)CC1)c1ccc2c(=O)[nH]cnc2c1. The zero-order chi connectivity index (χ0) is 24.5. The Bertz CT molecular complexity index is 1440. The van der Waals surface area contributed by atoms with E-state index in [9.17, 15) is 9.59 Å². The molecule has 1 saturated heterocycles. The van der Waals surface area contributed by atoms with Crippen LogP contribution in [-0.2, 0) is 13.1 Å². The number of nitrogens with zero attached hydrogens (tertiary/aromatic N) is 5. The number of rotatable bonds is 8. The molecule has 9 heteroatoms. The van der Waals surface area contributed by atoms with Crippen LogP contribution in [0.3, 0.4) is 0 Å². The van der Waals surface area contributed by atoms with E-state index in [1.165, 1.54) is 11.9 Å². The average molecular weight is 484 g/mol. The fourth-order valence-electron chi connectivity index (χ4n) is 5.13. The van der Waals surface area contributed by atoms with Gasteiger partial charge >= 0.3 is 0 Å². The Kier molecular flexibility index (Phi) is 5.85. The summed E-state index contributed by atoms with van der Waals surface area (Å²) in [6.45, 7) is 4.37. The molecule has 1 amide bonds. The fraction of sp³-hybridized carbons (Fsp3) is 0.370. The van der Waals surface area contributed by atoms with Crippen molar-refractivity contribution in [2.24, 2.45) is 5.41 Å². The summed E-state index contributed by atoms with van der Waals surface area (Å²) in [6.07, 6.45) is 6.63. The number of hydrogen-bond donors (Lipinski definition) is 2. The van der Waals surface area contributed by atoms with Gasteiger partial charge in [-0.3, -0.25) is 19.2 Å². The van der Waals surface area contributed by atoms with Crippen molar-refractivity contribution < 1.29 is 4.79 Å². The molecule has 0 spiro atoms. The van der Waals surface area contributed by atoms with Crippen molar-refractivity contribution in [3.63, 3.8) is 0 Å². The molecule has 9 nitrogen and oxygen atoms in total. The highest BCUT2D eigenvalue weighted by Crippen LogP contribution is 2.46. The van der Waals surface area contributed by atoms with Gasteiger partial charge in [0.2, 0.25) is 0 Å². The number of amides is 1. The Hall–Kier alpha value is -3.85. The molecular weight excluding hydrogens is 454 g/mol. The van der Waals surface area contributed by atoms with E-state index in [2.05, 4.69) is 67.0 Å². The van der Waals surface area contributed by atoms with E-state index in [1.807, 2.05) is 4.68 Å². The molecule has 1 unspecified atom stereocenters. The molecule has 2 aromatic carbocycles. The van der Waals surface area contributed by atoms with E-state index in [0.29, 0.717) is 28.9 Å². The van der Waals surface area contributed by atoms with Gasteiger partial charge in [-0.15, -0.1) is 5.10 Å². The number of aromatic amines is 1. The molecule has 3 heterocycles. The number of carbonyl (C=O) groups is 1. The molecule has 2 N–H and O–H groups in total. The van der Waals surface area contributed by atoms with E-state index >= 15 is 0 Å². The molecule has 0 bridgehead atoms. The summed E-state index contributed by atoms with van der Waals surface area (Å²) >= 11 is 0. The molecule has 1 aliphatic heterocycles. The molecule has 1 aliphatic carbocycles. The molecular formula is C27H29N7O2. The van der Waals surface area contributed by atoms with E-state index in [-0.39, 0.29) is 16.9 Å². The van der Waals surface area contributed by atoms with Gasteiger partial charge in [0.15, 0.2) is 0 Å². The van der Waals surface area contributed by atoms with Crippen LogP contribution in [0, 0.1) is 5.41 Å². The number of benzene rings is 2. The predicted octanol–water partition coefficient (Wildman–Crippen LogP) is 2.71. The van der Waals surface area contributed by atoms with Crippen molar-refractivity contribution >= 4 is 16.8 Å². The quantitative estimate of drug-likeness (QED) is 0.399. The molecule has 2 aromatic heterocycles. The highest BCUT2D eigenvalue weighted by molar-refractivity contribution is 5.97. The minimum absolute atomic E-state index is 0.0158. The number of carbonyl (C=O) groups excluding carboxylic acids is 1. The molecule has 184 valence electrons. The summed E-state index contributed by atoms with van der Waals surface area (Å²) in [5.74, 6) is 0.250. The molecule has 1 saturated carbocycles. The largest absolute Gasteiger partial charge is 0.351 e. The minimum Gasteiger partial charge on any atom is -0.351 e. The lowest BCUT2D eigenvalue weighted by molar-refractivity contribution is 0.0942. The second kappa shape index (κ2) is 9.31. The normalized spacial score (nSPS) is 18.9. The topological polar surface area (TPSA) is 109 Å². The molecule has 0 radical (unpaired) electrons. The summed E-state index contributed by atoms with van der Waals surface area (Å²) in [7, 11) is 0. The van der Waals surface area contributed by atoms with E-state index in [4.69, 9.17) is 0 Å². The van der Waals surface area contributed by atoms with Crippen molar-refractivity contribution in [3.05, 3.63) is 88.2 Å². The second-order valence-electron chi connectivity index (χ2n) is 10.2. The van der Waals surface area contributed by atoms with Crippen molar-refractivity contribution in [2.45, 2.75) is 38.3 Å². The van der Waals surface area contributed by atoms with E-state index < -0.39 is 0 Å². The summed E-state index contributed by atoms with van der Waals surface area (Å²) in [4.78, 5) is 33.8. The third-order valence-corrected chi connectivity index (χ3v) is 7.48. The van der Waals surface area contributed by atoms with Crippen molar-refractivity contribution in [1.82, 2.24) is 35.2 Å². The van der Waals surface area contributed by atoms with Crippen LogP contribution in [0.4, 0.5) is 0 Å². The van der Waals surface area contributed by atoms with Crippen molar-refractivity contribution in [2.75, 3.05) is 19.6 Å². The minimum atomic E-state index is -0.211. The van der Waals surface area contributed by atoms with Crippen LogP contribution < -0.4 is 10.9 Å². The number of fused-ring (bicyclic) bond motifs is 1. The summed E-state index contributed by atoms with van der Waals surface area (Å²) in [6, 6.07) is 15.6. The summed E-state index contributed by atoms with van der Waals surface area (Å²) < 4.78 is 1.95. The first-order valence-electron chi connectivity index (χ1n) is 12.5. The van der Waals surface area contributed by atoms with Gasteiger partial charge in [-0.05, 0) is 49.6 Å². The number of likely N-dealkylation sites (tertiary alicyclic amines) is 1. The molecule has 2 fully saturated rings. The second-order valence-corrected chi connectivity index (χ2v) is 10.2. The van der Waals surface area contributed by atoms with Crippen LogP contribution in [0.5, 0.6) is 0 Å². The first kappa shape index (κ1) is 22.6. The fourth-order valence-corrected chi connectivity index (χ4v) is 5.13. The lowest BCUT2D eigenvalue weighted by Crippen LogP contribution is -2.32. The summed E-state index contributed by atoms with van der Waals surface area (Å²) in [5.41, 5.74) is 3.22. The van der Waals surface area contributed by atoms with Gasteiger partial charge in [-0.2, -0.15) is 0 Å². The van der Waals surface area contributed by atoms with Crippen molar-refractivity contribution in [3.8, 4) is 0 Å². The first-order valence-corrected chi connectivity index (χ1v) is 12.5. The Labute approximate surface area is 208 Å². The Morgan fingerprint density at radius 2 is 2.03 bits per heavy atom. The van der Waals surface area contributed by atoms with Gasteiger partial charge in [0.25, 0.3) is 11.5 Å². The van der Waals surface area contributed by atoms with Gasteiger partial charge in [0, 0.05) is 49.3 Å². The third kappa shape index (κ3) is 4.79. The number of H-pyrrole nitrogens is 1. The van der Waals surface area contributed by atoms with Crippen LogP contribution in [0.15, 0.2) is 65.8 Å². The van der Waals surface area contributed by atoms with Gasteiger partial charge in [0.1, 0.15) is 0 Å². The molecule has 4 aromatic rings. The maximum atomic E-state index is 12.8. The zero-order valence-corrected chi connectivity index (χ0v) is 20.1. The van der Waals surface area contributed by atoms with Gasteiger partial charge in [0.05, 0.1) is 22.9 Å². The van der Waals surface area contributed by atoms with Crippen LogP contribution in [0.2, 0.25) is 0 Å². The predicted molar refractivity (Wildman–Crippen MR) is 135 cm³/mol. The van der Waals surface area contributed by atoms with Gasteiger partial charge < -0.3 is 10.3 Å². The highest BCUT2D eigenvalue weighted by Gasteiger charge is 2.43. The Morgan fingerprint density at radius 3 is 2.86 bits per heavy atom. The third-order valence-electron chi connectivity index (χ3n) is 7.48. The maximum absolute atomic E-state index is 12.8. The van der Waals surface area contributed by atoms with Crippen LogP contribution in [-0.4, -0.2) is 55.4 Å². The van der Waals surface area contributed by atoms with Crippen LogP contribution >= 0.6 is 0 Å². The smallest absolute Gasteiger partial charge is 0.258 e. The molecule has 36 heavy (non-hydrogen) atoms. The van der Waals surface area contributed by atoms with E-state index in [0.717, 1.165) is 51.1 Å². The van der Waals surface area contributed by atoms with Crippen LogP contribution in [0.1, 0.15) is 46.8 Å². The Balaban J connectivity index is 1.04. The van der Waals surface area contributed by atoms with Crippen LogP contribution in [0.25, 0.3) is 10.9 Å². The lowest BCUT2D eigenvalue weighted by atomic mass is 10.1. The van der Waals surface area contributed by atoms with Gasteiger partial charge in [-0.1, -0.05) is 35.5 Å². The lowest BCUT2D eigenvalue weighted by Gasteiger charge is -2.16. The monoisotopic (exact) mass is 483 g/mol. The molecule has 6 rings (SSSR count). The average Bonchev–Trinajstić information content (AvgIpc) is 3.25. The number of nitrogens with one attached hydrogen (secondary N) is 2. The maximum Gasteiger partial charge on any atom is 0.258 e. The molecule has 2 aliphatic rings. The van der Waals surface area contributed by atoms with E-state index in [1.54, 1.807) is 18.2 Å². The first-order chi connectivity index (χ1) is 17.6.